The maximum Gasteiger partial charge on any atom is 0.293 e. The molecule has 1 aliphatic rings. The van der Waals surface area contributed by atoms with Crippen molar-refractivity contribution in [2.75, 3.05) is 13.1 Å². The Morgan fingerprint density at radius 2 is 1.72 bits per heavy atom. The van der Waals surface area contributed by atoms with E-state index in [1.165, 1.54) is 4.90 Å². The van der Waals surface area contributed by atoms with Crippen LogP contribution in [0.1, 0.15) is 36.8 Å². The lowest BCUT2D eigenvalue weighted by atomic mass is 9.94. The molecule has 29 heavy (non-hydrogen) atoms. The van der Waals surface area contributed by atoms with Gasteiger partial charge in [0.1, 0.15) is 0 Å². The number of hydrogen-bond acceptors (Lipinski definition) is 4. The Morgan fingerprint density at radius 1 is 1.07 bits per heavy atom. The summed E-state index contributed by atoms with van der Waals surface area (Å²) in [7, 11) is 0. The minimum absolute atomic E-state index is 0.0788. The Hall–Kier alpha value is -2.86. The van der Waals surface area contributed by atoms with Gasteiger partial charge < -0.3 is 5.32 Å². The normalized spacial score (nSPS) is 16.3. The summed E-state index contributed by atoms with van der Waals surface area (Å²) >= 11 is 0.933. The van der Waals surface area contributed by atoms with Gasteiger partial charge in [-0.25, -0.2) is 0 Å². The summed E-state index contributed by atoms with van der Waals surface area (Å²) in [6.45, 7) is 2.45. The largest absolute Gasteiger partial charge is 0.354 e. The van der Waals surface area contributed by atoms with Crippen molar-refractivity contribution in [3.05, 3.63) is 76.7 Å². The first-order chi connectivity index (χ1) is 14.1. The third-order valence-corrected chi connectivity index (χ3v) is 5.61. The van der Waals surface area contributed by atoms with E-state index >= 15 is 0 Å². The molecule has 1 aliphatic heterocycles. The van der Waals surface area contributed by atoms with Crippen LogP contribution in [0.2, 0.25) is 0 Å². The lowest BCUT2D eigenvalue weighted by Crippen LogP contribution is -2.38. The Labute approximate surface area is 175 Å². The molecule has 5 nitrogen and oxygen atoms in total. The SMILES string of the molecule is CCC[C@H](C(=O)NCCN1C(=O)S/C(=C/c2ccccc2)C1=O)c1ccccc1. The van der Waals surface area contributed by atoms with Crippen LogP contribution in [0.3, 0.4) is 0 Å². The number of nitrogens with one attached hydrogen (secondary N) is 1. The van der Waals surface area contributed by atoms with Crippen LogP contribution in [0.25, 0.3) is 6.08 Å². The first kappa shape index (κ1) is 20.9. The fourth-order valence-corrected chi connectivity index (χ4v) is 4.10. The van der Waals surface area contributed by atoms with Crippen molar-refractivity contribution in [2.45, 2.75) is 25.7 Å². The van der Waals surface area contributed by atoms with Crippen LogP contribution < -0.4 is 5.32 Å². The molecule has 1 heterocycles. The van der Waals surface area contributed by atoms with Gasteiger partial charge >= 0.3 is 0 Å². The molecule has 0 spiro atoms. The summed E-state index contributed by atoms with van der Waals surface area (Å²) in [6.07, 6.45) is 3.35. The van der Waals surface area contributed by atoms with E-state index in [2.05, 4.69) is 5.32 Å². The summed E-state index contributed by atoms with van der Waals surface area (Å²) in [5.41, 5.74) is 1.85. The van der Waals surface area contributed by atoms with Crippen molar-refractivity contribution in [2.24, 2.45) is 0 Å². The third-order valence-electron chi connectivity index (χ3n) is 4.70. The lowest BCUT2D eigenvalue weighted by Gasteiger charge is -2.18. The number of carbonyl (C=O) groups is 3. The van der Waals surface area contributed by atoms with Gasteiger partial charge in [-0.2, -0.15) is 0 Å². The van der Waals surface area contributed by atoms with E-state index < -0.39 is 0 Å². The number of rotatable bonds is 8. The van der Waals surface area contributed by atoms with Gasteiger partial charge in [-0.05, 0) is 35.4 Å². The van der Waals surface area contributed by atoms with Crippen molar-refractivity contribution < 1.29 is 14.4 Å². The third kappa shape index (κ3) is 5.35. The van der Waals surface area contributed by atoms with Crippen LogP contribution in [0.4, 0.5) is 4.79 Å². The van der Waals surface area contributed by atoms with Crippen molar-refractivity contribution in [1.82, 2.24) is 10.2 Å². The van der Waals surface area contributed by atoms with Gasteiger partial charge in [0.25, 0.3) is 11.1 Å². The molecule has 1 saturated heterocycles. The van der Waals surface area contributed by atoms with Crippen molar-refractivity contribution in [3.63, 3.8) is 0 Å². The molecule has 0 aliphatic carbocycles. The summed E-state index contributed by atoms with van der Waals surface area (Å²) in [5.74, 6) is -0.620. The van der Waals surface area contributed by atoms with Crippen LogP contribution in [0.5, 0.6) is 0 Å². The molecular weight excluding hydrogens is 384 g/mol. The highest BCUT2D eigenvalue weighted by molar-refractivity contribution is 8.18. The van der Waals surface area contributed by atoms with Crippen LogP contribution in [-0.2, 0) is 9.59 Å². The van der Waals surface area contributed by atoms with Crippen molar-refractivity contribution in [3.8, 4) is 0 Å². The molecule has 0 saturated carbocycles. The quantitative estimate of drug-likeness (QED) is 0.657. The van der Waals surface area contributed by atoms with E-state index in [9.17, 15) is 14.4 Å². The lowest BCUT2D eigenvalue weighted by molar-refractivity contribution is -0.125. The molecule has 0 unspecified atom stereocenters. The Morgan fingerprint density at radius 3 is 2.38 bits per heavy atom. The molecule has 6 heteroatoms. The topological polar surface area (TPSA) is 66.5 Å². The molecule has 0 bridgehead atoms. The minimum atomic E-state index is -0.314. The standard InChI is InChI=1S/C23H24N2O3S/c1-2-9-19(18-12-7-4-8-13-18)21(26)24-14-15-25-22(27)20(29-23(25)28)16-17-10-5-3-6-11-17/h3-8,10-13,16,19H,2,9,14-15H2,1H3,(H,24,26)/b20-16+/t19-/m0/s1. The Bertz CT molecular complexity index is 897. The zero-order valence-electron chi connectivity index (χ0n) is 16.3. The zero-order valence-corrected chi connectivity index (χ0v) is 17.2. The molecule has 0 aromatic heterocycles. The minimum Gasteiger partial charge on any atom is -0.354 e. The number of carbonyl (C=O) groups excluding carboxylic acids is 3. The number of benzene rings is 2. The number of amides is 3. The highest BCUT2D eigenvalue weighted by Crippen LogP contribution is 2.31. The predicted molar refractivity (Wildman–Crippen MR) is 116 cm³/mol. The average molecular weight is 409 g/mol. The van der Waals surface area contributed by atoms with Gasteiger partial charge in [0.15, 0.2) is 0 Å². The second-order valence-electron chi connectivity index (χ2n) is 6.79. The Kier molecular flexibility index (Phi) is 7.25. The number of imide groups is 1. The van der Waals surface area contributed by atoms with E-state index in [1.54, 1.807) is 6.08 Å². The van der Waals surface area contributed by atoms with Gasteiger partial charge in [0, 0.05) is 13.1 Å². The monoisotopic (exact) mass is 408 g/mol. The second-order valence-corrected chi connectivity index (χ2v) is 7.78. The van der Waals surface area contributed by atoms with Gasteiger partial charge in [0.05, 0.1) is 10.8 Å². The molecule has 2 aromatic carbocycles. The summed E-state index contributed by atoms with van der Waals surface area (Å²) < 4.78 is 0. The van der Waals surface area contributed by atoms with E-state index in [-0.39, 0.29) is 36.1 Å². The van der Waals surface area contributed by atoms with Crippen LogP contribution in [0.15, 0.2) is 65.6 Å². The molecule has 0 radical (unpaired) electrons. The molecule has 1 fully saturated rings. The Balaban J connectivity index is 1.58. The molecule has 150 valence electrons. The van der Waals surface area contributed by atoms with Crippen LogP contribution in [0, 0.1) is 0 Å². The second kappa shape index (κ2) is 10.1. The van der Waals surface area contributed by atoms with E-state index in [0.29, 0.717) is 4.91 Å². The first-order valence-electron chi connectivity index (χ1n) is 9.73. The van der Waals surface area contributed by atoms with E-state index in [0.717, 1.165) is 35.7 Å². The highest BCUT2D eigenvalue weighted by Gasteiger charge is 2.34. The number of hydrogen-bond donors (Lipinski definition) is 1. The summed E-state index contributed by atoms with van der Waals surface area (Å²) in [6, 6.07) is 19.1. The van der Waals surface area contributed by atoms with Crippen molar-refractivity contribution >= 4 is 34.9 Å². The smallest absolute Gasteiger partial charge is 0.293 e. The zero-order chi connectivity index (χ0) is 20.6. The fourth-order valence-electron chi connectivity index (χ4n) is 3.23. The molecular formula is C23H24N2O3S. The first-order valence-corrected chi connectivity index (χ1v) is 10.5. The number of nitrogens with zero attached hydrogens (tertiary/aromatic N) is 1. The summed E-state index contributed by atoms with van der Waals surface area (Å²) in [4.78, 5) is 39.0. The van der Waals surface area contributed by atoms with Crippen LogP contribution in [-0.4, -0.2) is 35.0 Å². The summed E-state index contributed by atoms with van der Waals surface area (Å²) in [5, 5.41) is 2.58. The van der Waals surface area contributed by atoms with Gasteiger partial charge in [-0.15, -0.1) is 0 Å². The predicted octanol–water partition coefficient (Wildman–Crippen LogP) is 4.42. The van der Waals surface area contributed by atoms with E-state index in [1.807, 2.05) is 67.6 Å². The highest BCUT2D eigenvalue weighted by atomic mass is 32.2. The maximum absolute atomic E-state index is 12.7. The molecule has 1 N–H and O–H groups in total. The van der Waals surface area contributed by atoms with Gasteiger partial charge in [0.2, 0.25) is 5.91 Å². The average Bonchev–Trinajstić information content (AvgIpc) is 3.00. The van der Waals surface area contributed by atoms with Gasteiger partial charge in [-0.3, -0.25) is 19.3 Å². The van der Waals surface area contributed by atoms with Gasteiger partial charge in [-0.1, -0.05) is 74.0 Å². The van der Waals surface area contributed by atoms with E-state index in [4.69, 9.17) is 0 Å². The number of thioether (sulfide) groups is 1. The molecule has 1 atom stereocenters. The molecule has 3 rings (SSSR count). The van der Waals surface area contributed by atoms with Crippen molar-refractivity contribution in [1.29, 1.82) is 0 Å². The van der Waals surface area contributed by atoms with Crippen LogP contribution >= 0.6 is 11.8 Å². The fraction of sp³-hybridized carbons (Fsp3) is 0.261. The molecule has 3 amide bonds. The molecule has 2 aromatic rings. The maximum atomic E-state index is 12.7.